The van der Waals surface area contributed by atoms with Crippen molar-refractivity contribution >= 4 is 39.6 Å². The highest BCUT2D eigenvalue weighted by Gasteiger charge is 2.65. The first-order chi connectivity index (χ1) is 12.7. The fourth-order valence-electron chi connectivity index (χ4n) is 3.36. The maximum absolute atomic E-state index is 12.7. The number of hydrogen-bond acceptors (Lipinski definition) is 8. The predicted molar refractivity (Wildman–Crippen MR) is 92.1 cm³/mol. The van der Waals surface area contributed by atoms with Gasteiger partial charge in [0.15, 0.2) is 6.10 Å². The summed E-state index contributed by atoms with van der Waals surface area (Å²) in [5.41, 5.74) is -2.19. The average molecular weight is 439 g/mol. The van der Waals surface area contributed by atoms with Gasteiger partial charge in [-0.05, 0) is 35.0 Å². The van der Waals surface area contributed by atoms with Crippen molar-refractivity contribution in [3.63, 3.8) is 0 Å². The molecule has 1 aromatic rings. The number of methoxy groups -OCH3 is 1. The van der Waals surface area contributed by atoms with Crippen LogP contribution >= 0.6 is 15.9 Å². The normalized spacial score (nSPS) is 29.5. The van der Waals surface area contributed by atoms with Gasteiger partial charge in [0.2, 0.25) is 5.78 Å². The largest absolute Gasteiger partial charge is 0.466 e. The van der Waals surface area contributed by atoms with Gasteiger partial charge >= 0.3 is 17.9 Å². The average Bonchev–Trinajstić information content (AvgIpc) is 2.83. The molecule has 1 aliphatic heterocycles. The Hall–Kier alpha value is -2.52. The van der Waals surface area contributed by atoms with E-state index in [1.165, 1.54) is 6.07 Å². The molecular weight excluding hydrogens is 424 g/mol. The minimum absolute atomic E-state index is 0.148. The van der Waals surface area contributed by atoms with Gasteiger partial charge in [-0.25, -0.2) is 9.59 Å². The van der Waals surface area contributed by atoms with Crippen LogP contribution in [0.5, 0.6) is 0 Å². The van der Waals surface area contributed by atoms with Gasteiger partial charge in [0.1, 0.15) is 17.8 Å². The fourth-order valence-corrected chi connectivity index (χ4v) is 3.80. The third kappa shape index (κ3) is 3.06. The first-order valence-corrected chi connectivity index (χ1v) is 8.70. The lowest BCUT2D eigenvalue weighted by atomic mass is 9.81. The SMILES string of the molecule is COC(=O)C1=COC(=O)[C@H]2[C@@H]1[C@H](OC(=O)c1ccccc1Br)C(=O)[C@]2(C)O. The Bertz CT molecular complexity index is 872. The molecule has 3 rings (SSSR count). The Balaban J connectivity index is 2.01. The van der Waals surface area contributed by atoms with Gasteiger partial charge in [0, 0.05) is 4.47 Å². The lowest BCUT2D eigenvalue weighted by Gasteiger charge is -2.29. The van der Waals surface area contributed by atoms with Gasteiger partial charge in [0.25, 0.3) is 0 Å². The van der Waals surface area contributed by atoms with Gasteiger partial charge in [0.05, 0.1) is 24.2 Å². The number of ether oxygens (including phenoxy) is 3. The molecule has 0 radical (unpaired) electrons. The number of esters is 3. The van der Waals surface area contributed by atoms with E-state index < -0.39 is 47.2 Å². The fraction of sp³-hybridized carbons (Fsp3) is 0.333. The van der Waals surface area contributed by atoms with Gasteiger partial charge in [-0.1, -0.05) is 12.1 Å². The van der Waals surface area contributed by atoms with Crippen LogP contribution in [0.15, 0.2) is 40.6 Å². The molecule has 1 N–H and O–H groups in total. The van der Waals surface area contributed by atoms with Crippen LogP contribution < -0.4 is 0 Å². The highest BCUT2D eigenvalue weighted by atomic mass is 79.9. The second kappa shape index (κ2) is 6.90. The molecule has 9 heteroatoms. The zero-order chi connectivity index (χ0) is 19.9. The number of benzene rings is 1. The van der Waals surface area contributed by atoms with Crippen molar-refractivity contribution in [1.29, 1.82) is 0 Å². The van der Waals surface area contributed by atoms with Crippen LogP contribution in [0.25, 0.3) is 0 Å². The summed E-state index contributed by atoms with van der Waals surface area (Å²) in [7, 11) is 1.12. The van der Waals surface area contributed by atoms with Crippen molar-refractivity contribution in [2.24, 2.45) is 11.8 Å². The van der Waals surface area contributed by atoms with Crippen molar-refractivity contribution in [2.75, 3.05) is 7.11 Å². The topological polar surface area (TPSA) is 116 Å². The van der Waals surface area contributed by atoms with Crippen molar-refractivity contribution in [3.8, 4) is 0 Å². The standard InChI is InChI=1S/C18H15BrO8/c1-18(24)12-11(9(15(21)25-2)7-26-17(12)23)13(14(18)20)27-16(22)8-5-3-4-6-10(8)19/h3-7,11-13,24H,1-2H3/t11-,12-,13+,18-/m1/s1. The number of ketones is 1. The Kier molecular flexibility index (Phi) is 4.92. The first kappa shape index (κ1) is 19.2. The molecule has 0 bridgehead atoms. The van der Waals surface area contributed by atoms with Crippen LogP contribution in [-0.4, -0.2) is 47.6 Å². The summed E-state index contributed by atoms with van der Waals surface area (Å²) in [6.07, 6.45) is -0.689. The van der Waals surface area contributed by atoms with Gasteiger partial charge in [-0.3, -0.25) is 9.59 Å². The molecule has 27 heavy (non-hydrogen) atoms. The lowest BCUT2D eigenvalue weighted by molar-refractivity contribution is -0.158. The number of fused-ring (bicyclic) bond motifs is 1. The molecule has 0 unspecified atom stereocenters. The quantitative estimate of drug-likeness (QED) is 0.551. The molecule has 1 aromatic carbocycles. The highest BCUT2D eigenvalue weighted by molar-refractivity contribution is 9.10. The molecule has 1 aliphatic carbocycles. The number of carbonyl (C=O) groups excluding carboxylic acids is 4. The third-order valence-corrected chi connectivity index (χ3v) is 5.40. The smallest absolute Gasteiger partial charge is 0.340 e. The predicted octanol–water partition coefficient (Wildman–Crippen LogP) is 1.15. The molecule has 4 atom stereocenters. The molecule has 0 amide bonds. The third-order valence-electron chi connectivity index (χ3n) is 4.71. The second-order valence-electron chi connectivity index (χ2n) is 6.32. The summed E-state index contributed by atoms with van der Waals surface area (Å²) < 4.78 is 15.2. The Morgan fingerprint density at radius 3 is 2.52 bits per heavy atom. The van der Waals surface area contributed by atoms with E-state index in [1.54, 1.807) is 18.2 Å². The molecular formula is C18H15BrO8. The monoisotopic (exact) mass is 438 g/mol. The summed E-state index contributed by atoms with van der Waals surface area (Å²) in [6.45, 7) is 1.13. The lowest BCUT2D eigenvalue weighted by Crippen LogP contribution is -2.44. The number of aliphatic hydroxyl groups is 1. The van der Waals surface area contributed by atoms with E-state index in [1.807, 2.05) is 0 Å². The molecule has 1 saturated carbocycles. The van der Waals surface area contributed by atoms with Crippen LogP contribution in [0, 0.1) is 11.8 Å². The second-order valence-corrected chi connectivity index (χ2v) is 7.18. The van der Waals surface area contributed by atoms with Crippen LogP contribution in [0.2, 0.25) is 0 Å². The van der Waals surface area contributed by atoms with E-state index in [-0.39, 0.29) is 11.1 Å². The Labute approximate surface area is 162 Å². The number of cyclic esters (lactones) is 1. The molecule has 1 fully saturated rings. The van der Waals surface area contributed by atoms with E-state index in [9.17, 15) is 24.3 Å². The molecule has 1 heterocycles. The van der Waals surface area contributed by atoms with Crippen LogP contribution in [0.4, 0.5) is 0 Å². The van der Waals surface area contributed by atoms with Gasteiger partial charge in [-0.15, -0.1) is 0 Å². The van der Waals surface area contributed by atoms with Crippen LogP contribution in [0.1, 0.15) is 17.3 Å². The number of carbonyl (C=O) groups is 4. The maximum atomic E-state index is 12.7. The summed E-state index contributed by atoms with van der Waals surface area (Å²) in [4.78, 5) is 49.5. The van der Waals surface area contributed by atoms with Crippen molar-refractivity contribution in [1.82, 2.24) is 0 Å². The maximum Gasteiger partial charge on any atom is 0.340 e. The zero-order valence-corrected chi connectivity index (χ0v) is 15.9. The van der Waals surface area contributed by atoms with Gasteiger partial charge < -0.3 is 19.3 Å². The van der Waals surface area contributed by atoms with Crippen molar-refractivity contribution in [3.05, 3.63) is 46.1 Å². The molecule has 0 spiro atoms. The first-order valence-electron chi connectivity index (χ1n) is 7.91. The van der Waals surface area contributed by atoms with E-state index in [4.69, 9.17) is 9.47 Å². The molecule has 8 nitrogen and oxygen atoms in total. The van der Waals surface area contributed by atoms with E-state index in [0.29, 0.717) is 4.47 Å². The number of Topliss-reactive ketones (excluding diaryl/α,β-unsaturated/α-hetero) is 1. The van der Waals surface area contributed by atoms with Crippen molar-refractivity contribution < 1.29 is 38.5 Å². The minimum Gasteiger partial charge on any atom is -0.466 e. The molecule has 2 aliphatic rings. The molecule has 142 valence electrons. The molecule has 0 aromatic heterocycles. The summed E-state index contributed by atoms with van der Waals surface area (Å²) in [6, 6.07) is 6.39. The van der Waals surface area contributed by atoms with E-state index >= 15 is 0 Å². The summed E-state index contributed by atoms with van der Waals surface area (Å²) in [5, 5.41) is 10.6. The number of halogens is 1. The van der Waals surface area contributed by atoms with E-state index in [0.717, 1.165) is 20.3 Å². The number of hydrogen-bond donors (Lipinski definition) is 1. The van der Waals surface area contributed by atoms with E-state index in [2.05, 4.69) is 20.7 Å². The number of rotatable bonds is 3. The highest BCUT2D eigenvalue weighted by Crippen LogP contribution is 2.46. The summed E-state index contributed by atoms with van der Waals surface area (Å²) in [5.74, 6) is -6.11. The molecule has 0 saturated heterocycles. The van der Waals surface area contributed by atoms with Crippen LogP contribution in [0.3, 0.4) is 0 Å². The van der Waals surface area contributed by atoms with Crippen molar-refractivity contribution in [2.45, 2.75) is 18.6 Å². The van der Waals surface area contributed by atoms with Gasteiger partial charge in [-0.2, -0.15) is 0 Å². The Morgan fingerprint density at radius 1 is 1.22 bits per heavy atom. The minimum atomic E-state index is -2.17. The van der Waals surface area contributed by atoms with Crippen LogP contribution in [-0.2, 0) is 28.6 Å². The summed E-state index contributed by atoms with van der Waals surface area (Å²) >= 11 is 3.21. The zero-order valence-electron chi connectivity index (χ0n) is 14.3. The Morgan fingerprint density at radius 2 is 1.89 bits per heavy atom.